The maximum atomic E-state index is 13.0. The molecular weight excluding hydrogens is 359 g/mol. The summed E-state index contributed by atoms with van der Waals surface area (Å²) in [6.45, 7) is 1.57. The molecule has 0 bridgehead atoms. The number of thioether (sulfide) groups is 1. The highest BCUT2D eigenvalue weighted by molar-refractivity contribution is 8.02. The highest BCUT2D eigenvalue weighted by Crippen LogP contribution is 2.37. The maximum Gasteiger partial charge on any atom is 0.418 e. The molecule has 118 valence electrons. The number of carbonyl (C=O) groups excluding carboxylic acids is 1. The summed E-state index contributed by atoms with van der Waals surface area (Å²) in [4.78, 5) is 12.0. The van der Waals surface area contributed by atoms with Gasteiger partial charge in [-0.3, -0.25) is 4.79 Å². The second-order valence-electron chi connectivity index (χ2n) is 4.14. The molecule has 1 N–H and O–H groups in total. The van der Waals surface area contributed by atoms with Gasteiger partial charge in [-0.2, -0.15) is 13.2 Å². The summed E-state index contributed by atoms with van der Waals surface area (Å²) in [5.41, 5.74) is 0.196. The number of aromatic nitrogens is 2. The average Bonchev–Trinajstić information content (AvgIpc) is 2.92. The first kappa shape index (κ1) is 17.0. The largest absolute Gasteiger partial charge is 0.418 e. The van der Waals surface area contributed by atoms with Gasteiger partial charge in [-0.05, 0) is 25.1 Å². The number of alkyl halides is 3. The third-order valence-electron chi connectivity index (χ3n) is 2.53. The number of amides is 1. The number of hydrogen-bond acceptors (Lipinski definition) is 5. The summed E-state index contributed by atoms with van der Waals surface area (Å²) in [6.07, 6.45) is -4.61. The Morgan fingerprint density at radius 3 is 2.77 bits per heavy atom. The fourth-order valence-corrected chi connectivity index (χ4v) is 3.31. The Kier molecular flexibility index (Phi) is 5.30. The zero-order chi connectivity index (χ0) is 16.3. The van der Waals surface area contributed by atoms with Gasteiger partial charge in [-0.25, -0.2) is 0 Å². The first-order valence-electron chi connectivity index (χ1n) is 5.88. The standard InChI is InChI=1S/C12H9ClF3N3OS2/c1-6(22-11-19-17-5-21-11)10(20)18-9-3-2-7(13)4-8(9)12(14,15)16/h2-6H,1H3,(H,18,20)/t6-/m0/s1. The zero-order valence-electron chi connectivity index (χ0n) is 11.0. The fraction of sp³-hybridized carbons (Fsp3) is 0.250. The lowest BCUT2D eigenvalue weighted by molar-refractivity contribution is -0.137. The van der Waals surface area contributed by atoms with E-state index in [1.54, 1.807) is 6.92 Å². The number of anilines is 1. The monoisotopic (exact) mass is 367 g/mol. The van der Waals surface area contributed by atoms with Crippen molar-refractivity contribution in [3.63, 3.8) is 0 Å². The lowest BCUT2D eigenvalue weighted by Gasteiger charge is -2.16. The highest BCUT2D eigenvalue weighted by Gasteiger charge is 2.34. The number of hydrogen-bond donors (Lipinski definition) is 1. The third-order valence-corrected chi connectivity index (χ3v) is 4.68. The summed E-state index contributed by atoms with van der Waals surface area (Å²) in [7, 11) is 0. The summed E-state index contributed by atoms with van der Waals surface area (Å²) < 4.78 is 39.4. The number of nitrogens with zero attached hydrogens (tertiary/aromatic N) is 2. The van der Waals surface area contributed by atoms with E-state index in [1.165, 1.54) is 22.9 Å². The van der Waals surface area contributed by atoms with E-state index < -0.39 is 22.9 Å². The molecule has 0 unspecified atom stereocenters. The predicted molar refractivity (Wildman–Crippen MR) is 80.3 cm³/mol. The number of benzene rings is 1. The molecule has 22 heavy (non-hydrogen) atoms. The minimum absolute atomic E-state index is 0.0541. The maximum absolute atomic E-state index is 13.0. The topological polar surface area (TPSA) is 54.9 Å². The van der Waals surface area contributed by atoms with Crippen LogP contribution in [0.5, 0.6) is 0 Å². The Morgan fingerprint density at radius 2 is 2.18 bits per heavy atom. The van der Waals surface area contributed by atoms with Gasteiger partial charge in [-0.15, -0.1) is 10.2 Å². The Morgan fingerprint density at radius 1 is 1.45 bits per heavy atom. The molecular formula is C12H9ClF3N3OS2. The number of carbonyl (C=O) groups is 1. The Labute approximate surface area is 137 Å². The number of nitrogens with one attached hydrogen (secondary N) is 1. The molecule has 0 aliphatic carbocycles. The van der Waals surface area contributed by atoms with Crippen LogP contribution in [0, 0.1) is 0 Å². The molecule has 0 aliphatic rings. The van der Waals surface area contributed by atoms with Crippen LogP contribution in [0.2, 0.25) is 5.02 Å². The summed E-state index contributed by atoms with van der Waals surface area (Å²) in [5, 5.41) is 9.00. The molecule has 2 aromatic rings. The predicted octanol–water partition coefficient (Wildman–Crippen LogP) is 4.33. The Bertz CT molecular complexity index is 664. The van der Waals surface area contributed by atoms with Crippen LogP contribution >= 0.6 is 34.7 Å². The molecule has 0 radical (unpaired) electrons. The van der Waals surface area contributed by atoms with Crippen LogP contribution in [0.4, 0.5) is 18.9 Å². The number of rotatable bonds is 4. The van der Waals surface area contributed by atoms with E-state index in [0.717, 1.165) is 23.9 Å². The first-order valence-corrected chi connectivity index (χ1v) is 8.01. The van der Waals surface area contributed by atoms with Gasteiger partial charge < -0.3 is 5.32 Å². The molecule has 1 heterocycles. The number of halogens is 4. The van der Waals surface area contributed by atoms with Crippen LogP contribution in [0.25, 0.3) is 0 Å². The van der Waals surface area contributed by atoms with E-state index in [1.807, 2.05) is 0 Å². The van der Waals surface area contributed by atoms with Gasteiger partial charge in [0.1, 0.15) is 5.51 Å². The van der Waals surface area contributed by atoms with Crippen LogP contribution in [-0.2, 0) is 11.0 Å². The van der Waals surface area contributed by atoms with Crippen LogP contribution in [0.1, 0.15) is 12.5 Å². The zero-order valence-corrected chi connectivity index (χ0v) is 13.4. The lowest BCUT2D eigenvalue weighted by Crippen LogP contribution is -2.24. The lowest BCUT2D eigenvalue weighted by atomic mass is 10.1. The van der Waals surface area contributed by atoms with Crippen molar-refractivity contribution in [1.29, 1.82) is 0 Å². The average molecular weight is 368 g/mol. The van der Waals surface area contributed by atoms with E-state index in [4.69, 9.17) is 11.6 Å². The van der Waals surface area contributed by atoms with Crippen molar-refractivity contribution in [2.45, 2.75) is 22.7 Å². The van der Waals surface area contributed by atoms with Crippen molar-refractivity contribution < 1.29 is 18.0 Å². The molecule has 1 amide bonds. The normalized spacial score (nSPS) is 13.0. The molecule has 2 rings (SSSR count). The Balaban J connectivity index is 2.14. The molecule has 0 fully saturated rings. The van der Waals surface area contributed by atoms with E-state index in [2.05, 4.69) is 15.5 Å². The van der Waals surface area contributed by atoms with Gasteiger partial charge >= 0.3 is 6.18 Å². The van der Waals surface area contributed by atoms with Crippen LogP contribution in [-0.4, -0.2) is 21.4 Å². The van der Waals surface area contributed by atoms with Gasteiger partial charge in [0.25, 0.3) is 0 Å². The molecule has 4 nitrogen and oxygen atoms in total. The van der Waals surface area contributed by atoms with E-state index in [9.17, 15) is 18.0 Å². The van der Waals surface area contributed by atoms with Crippen LogP contribution in [0.3, 0.4) is 0 Å². The highest BCUT2D eigenvalue weighted by atomic mass is 35.5. The quantitative estimate of drug-likeness (QED) is 0.817. The van der Waals surface area contributed by atoms with Crippen molar-refractivity contribution in [1.82, 2.24) is 10.2 Å². The van der Waals surface area contributed by atoms with Gasteiger partial charge in [0, 0.05) is 5.02 Å². The molecule has 0 saturated heterocycles. The molecule has 1 atom stereocenters. The summed E-state index contributed by atoms with van der Waals surface area (Å²) in [5.74, 6) is -0.562. The first-order chi connectivity index (χ1) is 10.3. The van der Waals surface area contributed by atoms with Crippen LogP contribution < -0.4 is 5.32 Å². The third kappa shape index (κ3) is 4.34. The summed E-state index contributed by atoms with van der Waals surface area (Å²) >= 11 is 7.95. The van der Waals surface area contributed by atoms with Crippen molar-refractivity contribution in [2.75, 3.05) is 5.32 Å². The SMILES string of the molecule is C[C@H](Sc1nncs1)C(=O)Nc1ccc(Cl)cc1C(F)(F)F. The molecule has 1 aromatic heterocycles. The van der Waals surface area contributed by atoms with Gasteiger partial charge in [-0.1, -0.05) is 34.7 Å². The molecule has 0 saturated carbocycles. The van der Waals surface area contributed by atoms with Crippen molar-refractivity contribution in [2.24, 2.45) is 0 Å². The second kappa shape index (κ2) is 6.84. The van der Waals surface area contributed by atoms with Crippen molar-refractivity contribution in [3.8, 4) is 0 Å². The van der Waals surface area contributed by atoms with E-state index >= 15 is 0 Å². The minimum atomic E-state index is -4.61. The minimum Gasteiger partial charge on any atom is -0.325 e. The van der Waals surface area contributed by atoms with Crippen molar-refractivity contribution in [3.05, 3.63) is 34.3 Å². The van der Waals surface area contributed by atoms with Crippen molar-refractivity contribution >= 4 is 46.3 Å². The second-order valence-corrected chi connectivity index (χ2v) is 7.00. The smallest absolute Gasteiger partial charge is 0.325 e. The fourth-order valence-electron chi connectivity index (χ4n) is 1.51. The molecule has 10 heteroatoms. The van der Waals surface area contributed by atoms with Gasteiger partial charge in [0.15, 0.2) is 4.34 Å². The molecule has 1 aromatic carbocycles. The summed E-state index contributed by atoms with van der Waals surface area (Å²) in [6, 6.07) is 3.19. The van der Waals surface area contributed by atoms with Gasteiger partial charge in [0.2, 0.25) is 5.91 Å². The molecule has 0 aliphatic heterocycles. The van der Waals surface area contributed by atoms with E-state index in [-0.39, 0.29) is 10.7 Å². The molecule has 0 spiro atoms. The van der Waals surface area contributed by atoms with E-state index in [0.29, 0.717) is 4.34 Å². The van der Waals surface area contributed by atoms with Crippen LogP contribution in [0.15, 0.2) is 28.0 Å². The van der Waals surface area contributed by atoms with Gasteiger partial charge in [0.05, 0.1) is 16.5 Å². The Hall–Kier alpha value is -1.32.